The summed E-state index contributed by atoms with van der Waals surface area (Å²) in [5, 5.41) is -0.477. The average molecular weight is 414 g/mol. The second-order valence-corrected chi connectivity index (χ2v) is 7.13. The Morgan fingerprint density at radius 2 is 0.633 bits per heavy atom. The van der Waals surface area contributed by atoms with Gasteiger partial charge in [0.25, 0.3) is 0 Å². The Morgan fingerprint density at radius 1 is 0.367 bits per heavy atom. The van der Waals surface area contributed by atoms with E-state index in [0.717, 1.165) is 12.1 Å². The van der Waals surface area contributed by atoms with Crippen molar-refractivity contribution >= 4 is 43.1 Å². The molecule has 150 valence electrons. The number of rotatable bonds is 0. The van der Waals surface area contributed by atoms with E-state index in [4.69, 9.17) is 0 Å². The number of halogens is 6. The number of alkyl halides is 6. The molecule has 0 radical (unpaired) electrons. The molecule has 5 aromatic rings. The first-order valence-electron chi connectivity index (χ1n) is 9.12. The predicted molar refractivity (Wildman–Crippen MR) is 106 cm³/mol. The molecule has 0 bridgehead atoms. The highest BCUT2D eigenvalue weighted by Crippen LogP contribution is 2.51. The molecule has 0 amide bonds. The van der Waals surface area contributed by atoms with Crippen LogP contribution in [0.5, 0.6) is 0 Å². The topological polar surface area (TPSA) is 0 Å². The van der Waals surface area contributed by atoms with Crippen LogP contribution >= 0.6 is 0 Å². The largest absolute Gasteiger partial charge is 0.417 e. The van der Waals surface area contributed by atoms with Crippen molar-refractivity contribution in [1.82, 2.24) is 0 Å². The molecule has 0 spiro atoms. The first-order chi connectivity index (χ1) is 14.2. The summed E-state index contributed by atoms with van der Waals surface area (Å²) in [7, 11) is 0. The number of hydrogen-bond donors (Lipinski definition) is 0. The van der Waals surface area contributed by atoms with Gasteiger partial charge in [-0.2, -0.15) is 26.3 Å². The molecule has 0 aliphatic carbocycles. The molecule has 0 heterocycles. The van der Waals surface area contributed by atoms with Crippen LogP contribution in [0.2, 0.25) is 0 Å². The van der Waals surface area contributed by atoms with Crippen molar-refractivity contribution in [2.75, 3.05) is 0 Å². The van der Waals surface area contributed by atoms with Crippen LogP contribution in [0, 0.1) is 0 Å². The number of hydrogen-bond acceptors (Lipinski definition) is 0. The third-order valence-corrected chi connectivity index (χ3v) is 5.47. The summed E-state index contributed by atoms with van der Waals surface area (Å²) in [5.41, 5.74) is -2.08. The minimum absolute atomic E-state index is 0.148. The Labute approximate surface area is 166 Å². The molecule has 0 atom stereocenters. The quantitative estimate of drug-likeness (QED) is 0.136. The molecule has 0 aromatic heterocycles. The third kappa shape index (κ3) is 2.56. The van der Waals surface area contributed by atoms with Crippen LogP contribution in [-0.4, -0.2) is 0 Å². The predicted octanol–water partition coefficient (Wildman–Crippen LogP) is 8.34. The highest BCUT2D eigenvalue weighted by Gasteiger charge is 2.42. The Hall–Kier alpha value is -3.28. The van der Waals surface area contributed by atoms with Gasteiger partial charge in [0.1, 0.15) is 0 Å². The van der Waals surface area contributed by atoms with Gasteiger partial charge in [-0.1, -0.05) is 72.8 Å². The first-order valence-corrected chi connectivity index (χ1v) is 9.12. The van der Waals surface area contributed by atoms with Crippen molar-refractivity contribution in [1.29, 1.82) is 0 Å². The highest BCUT2D eigenvalue weighted by molar-refractivity contribution is 6.30. The average Bonchev–Trinajstić information content (AvgIpc) is 2.70. The Kier molecular flexibility index (Phi) is 3.81. The van der Waals surface area contributed by atoms with Gasteiger partial charge in [0.2, 0.25) is 0 Å². The molecular formula is C24H12F6. The molecule has 5 rings (SSSR count). The first kappa shape index (κ1) is 18.7. The Morgan fingerprint density at radius 3 is 0.933 bits per heavy atom. The second kappa shape index (κ2) is 6.11. The van der Waals surface area contributed by atoms with Crippen LogP contribution in [0.15, 0.2) is 72.8 Å². The van der Waals surface area contributed by atoms with Crippen molar-refractivity contribution in [2.45, 2.75) is 12.4 Å². The minimum atomic E-state index is -4.84. The zero-order chi connectivity index (χ0) is 21.3. The van der Waals surface area contributed by atoms with Crippen molar-refractivity contribution in [3.8, 4) is 0 Å². The molecule has 0 saturated carbocycles. The fourth-order valence-corrected chi connectivity index (χ4v) is 4.44. The van der Waals surface area contributed by atoms with Crippen LogP contribution in [0.25, 0.3) is 43.1 Å². The van der Waals surface area contributed by atoms with E-state index in [9.17, 15) is 26.3 Å². The monoisotopic (exact) mass is 414 g/mol. The van der Waals surface area contributed by atoms with Crippen molar-refractivity contribution in [2.24, 2.45) is 0 Å². The van der Waals surface area contributed by atoms with Crippen molar-refractivity contribution in [3.05, 3.63) is 83.9 Å². The molecule has 0 fully saturated rings. The lowest BCUT2D eigenvalue weighted by Gasteiger charge is -2.23. The van der Waals surface area contributed by atoms with E-state index in [1.165, 1.54) is 24.3 Å². The molecule has 5 aromatic carbocycles. The minimum Gasteiger partial charge on any atom is -0.166 e. The van der Waals surface area contributed by atoms with Gasteiger partial charge in [-0.15, -0.1) is 0 Å². The zero-order valence-corrected chi connectivity index (χ0v) is 15.2. The molecule has 30 heavy (non-hydrogen) atoms. The lowest BCUT2D eigenvalue weighted by molar-refractivity contribution is -0.137. The SMILES string of the molecule is FC(F)(F)c1c2ccccc2c(C(F)(F)F)c2c3ccccc3c3ccccc3c12. The zero-order valence-electron chi connectivity index (χ0n) is 15.2. The van der Waals surface area contributed by atoms with E-state index in [0.29, 0.717) is 10.8 Å². The molecule has 0 nitrogen and oxygen atoms in total. The van der Waals surface area contributed by atoms with E-state index in [2.05, 4.69) is 0 Å². The summed E-state index contributed by atoms with van der Waals surface area (Å²) >= 11 is 0. The van der Waals surface area contributed by atoms with Crippen LogP contribution < -0.4 is 0 Å². The van der Waals surface area contributed by atoms with Gasteiger partial charge in [0, 0.05) is 10.8 Å². The molecule has 0 N–H and O–H groups in total. The fourth-order valence-electron chi connectivity index (χ4n) is 4.44. The normalized spacial score (nSPS) is 13.0. The van der Waals surface area contributed by atoms with Gasteiger partial charge in [-0.05, 0) is 32.3 Å². The molecule has 0 saturated heterocycles. The van der Waals surface area contributed by atoms with Crippen LogP contribution in [0.3, 0.4) is 0 Å². The summed E-state index contributed by atoms with van der Waals surface area (Å²) in [6, 6.07) is 17.5. The summed E-state index contributed by atoms with van der Waals surface area (Å²) in [4.78, 5) is 0. The summed E-state index contributed by atoms with van der Waals surface area (Å²) in [5.74, 6) is 0. The lowest BCUT2D eigenvalue weighted by Crippen LogP contribution is -2.13. The smallest absolute Gasteiger partial charge is 0.166 e. The van der Waals surface area contributed by atoms with Gasteiger partial charge >= 0.3 is 12.4 Å². The molecule has 0 unspecified atom stereocenters. The van der Waals surface area contributed by atoms with E-state index in [1.807, 2.05) is 0 Å². The lowest BCUT2D eigenvalue weighted by atomic mass is 9.85. The maximum Gasteiger partial charge on any atom is 0.417 e. The van der Waals surface area contributed by atoms with E-state index < -0.39 is 45.0 Å². The Bertz CT molecular complexity index is 1350. The van der Waals surface area contributed by atoms with Gasteiger partial charge < -0.3 is 0 Å². The van der Waals surface area contributed by atoms with Gasteiger partial charge in [-0.25, -0.2) is 0 Å². The van der Waals surface area contributed by atoms with Crippen molar-refractivity contribution in [3.63, 3.8) is 0 Å². The van der Waals surface area contributed by atoms with Gasteiger partial charge in [-0.3, -0.25) is 0 Å². The van der Waals surface area contributed by atoms with Crippen LogP contribution in [0.4, 0.5) is 26.3 Å². The maximum absolute atomic E-state index is 14.3. The van der Waals surface area contributed by atoms with Crippen LogP contribution in [0.1, 0.15) is 11.1 Å². The summed E-state index contributed by atoms with van der Waals surface area (Å²) in [6.45, 7) is 0. The molecule has 0 aliphatic rings. The number of benzene rings is 5. The van der Waals surface area contributed by atoms with Crippen molar-refractivity contribution < 1.29 is 26.3 Å². The summed E-state index contributed by atoms with van der Waals surface area (Å²) < 4.78 is 85.9. The molecular weight excluding hydrogens is 402 g/mol. The van der Waals surface area contributed by atoms with E-state index in [-0.39, 0.29) is 10.8 Å². The van der Waals surface area contributed by atoms with Gasteiger partial charge in [0.15, 0.2) is 0 Å². The fraction of sp³-hybridized carbons (Fsp3) is 0.0833. The van der Waals surface area contributed by atoms with E-state index in [1.54, 1.807) is 36.4 Å². The molecule has 6 heteroatoms. The third-order valence-electron chi connectivity index (χ3n) is 5.47. The van der Waals surface area contributed by atoms with E-state index >= 15 is 0 Å². The molecule has 0 aliphatic heterocycles. The standard InChI is InChI=1S/C24H12F6/c25-23(26,27)21-17-11-5-6-12-18(17)22(24(28,29)30)20-16-10-4-2-8-14(16)13-7-1-3-9-15(13)19(20)21/h1-12H. The second-order valence-electron chi connectivity index (χ2n) is 7.13. The summed E-state index contributed by atoms with van der Waals surface area (Å²) in [6.07, 6.45) is -9.68. The Balaban J connectivity index is 2.29. The van der Waals surface area contributed by atoms with Crippen LogP contribution in [-0.2, 0) is 12.4 Å². The highest BCUT2D eigenvalue weighted by atomic mass is 19.4. The number of fused-ring (bicyclic) bond motifs is 7. The van der Waals surface area contributed by atoms with Gasteiger partial charge in [0.05, 0.1) is 11.1 Å². The maximum atomic E-state index is 14.3.